The number of hydrogen-bond donors (Lipinski definition) is 0. The van der Waals surface area contributed by atoms with E-state index in [1.54, 1.807) is 26.4 Å². The van der Waals surface area contributed by atoms with Crippen molar-refractivity contribution in [3.63, 3.8) is 0 Å². The van der Waals surface area contributed by atoms with Gasteiger partial charge in [-0.3, -0.25) is 4.79 Å². The van der Waals surface area contributed by atoms with Crippen molar-refractivity contribution in [2.45, 2.75) is 18.9 Å². The molecular formula is C17H18ClNO3S. The van der Waals surface area contributed by atoms with E-state index in [0.29, 0.717) is 20.7 Å². The number of benzene rings is 1. The SMILES string of the molecule is COc1ccc(C2CCCN2C(=O)c2ccc(Cl)s2)cc1OC. The number of thiophene rings is 1. The molecule has 4 nitrogen and oxygen atoms in total. The van der Waals surface area contributed by atoms with E-state index in [4.69, 9.17) is 21.1 Å². The molecular weight excluding hydrogens is 334 g/mol. The van der Waals surface area contributed by atoms with E-state index in [9.17, 15) is 4.79 Å². The molecule has 0 radical (unpaired) electrons. The molecule has 1 aliphatic rings. The quantitative estimate of drug-likeness (QED) is 0.819. The summed E-state index contributed by atoms with van der Waals surface area (Å²) in [6.07, 6.45) is 1.93. The Kier molecular flexibility index (Phi) is 4.78. The maximum Gasteiger partial charge on any atom is 0.264 e. The molecule has 1 aromatic heterocycles. The van der Waals surface area contributed by atoms with Crippen molar-refractivity contribution in [1.29, 1.82) is 0 Å². The molecule has 0 saturated carbocycles. The normalized spacial score (nSPS) is 17.3. The molecule has 3 rings (SSSR count). The zero-order chi connectivity index (χ0) is 16.4. The maximum absolute atomic E-state index is 12.7. The van der Waals surface area contributed by atoms with Gasteiger partial charge in [-0.2, -0.15) is 0 Å². The van der Waals surface area contributed by atoms with Crippen LogP contribution in [0, 0.1) is 0 Å². The van der Waals surface area contributed by atoms with Crippen molar-refractivity contribution >= 4 is 28.8 Å². The van der Waals surface area contributed by atoms with Gasteiger partial charge in [0.25, 0.3) is 5.91 Å². The number of methoxy groups -OCH3 is 2. The van der Waals surface area contributed by atoms with Gasteiger partial charge in [0.05, 0.1) is 29.5 Å². The second-order valence-corrected chi connectivity index (χ2v) is 7.09. The number of ether oxygens (including phenoxy) is 2. The van der Waals surface area contributed by atoms with Crippen molar-refractivity contribution in [1.82, 2.24) is 4.90 Å². The van der Waals surface area contributed by atoms with Crippen molar-refractivity contribution in [3.8, 4) is 11.5 Å². The van der Waals surface area contributed by atoms with Gasteiger partial charge in [0.2, 0.25) is 0 Å². The highest BCUT2D eigenvalue weighted by Crippen LogP contribution is 2.38. The summed E-state index contributed by atoms with van der Waals surface area (Å²) in [7, 11) is 3.23. The summed E-state index contributed by atoms with van der Waals surface area (Å²) < 4.78 is 11.3. The van der Waals surface area contributed by atoms with Gasteiger partial charge >= 0.3 is 0 Å². The van der Waals surface area contributed by atoms with Crippen LogP contribution in [0.15, 0.2) is 30.3 Å². The number of carbonyl (C=O) groups is 1. The molecule has 0 N–H and O–H groups in total. The van der Waals surface area contributed by atoms with E-state index in [1.165, 1.54) is 11.3 Å². The fourth-order valence-corrected chi connectivity index (χ4v) is 3.99. The molecule has 1 fully saturated rings. The zero-order valence-electron chi connectivity index (χ0n) is 13.0. The van der Waals surface area contributed by atoms with Crippen molar-refractivity contribution in [3.05, 3.63) is 45.1 Å². The Balaban J connectivity index is 1.88. The number of halogens is 1. The maximum atomic E-state index is 12.7. The molecule has 0 aliphatic carbocycles. The third kappa shape index (κ3) is 3.16. The van der Waals surface area contributed by atoms with Crippen LogP contribution in [-0.2, 0) is 0 Å². The lowest BCUT2D eigenvalue weighted by Gasteiger charge is -2.25. The van der Waals surface area contributed by atoms with Crippen LogP contribution in [0.5, 0.6) is 11.5 Å². The zero-order valence-corrected chi connectivity index (χ0v) is 14.6. The second-order valence-electron chi connectivity index (χ2n) is 5.37. The molecule has 6 heteroatoms. The highest BCUT2D eigenvalue weighted by atomic mass is 35.5. The van der Waals surface area contributed by atoms with Crippen molar-refractivity contribution in [2.75, 3.05) is 20.8 Å². The van der Waals surface area contributed by atoms with Gasteiger partial charge in [0, 0.05) is 6.54 Å². The van der Waals surface area contributed by atoms with Crippen LogP contribution in [-0.4, -0.2) is 31.6 Å². The predicted molar refractivity (Wildman–Crippen MR) is 91.9 cm³/mol. The first kappa shape index (κ1) is 16.1. The highest BCUT2D eigenvalue weighted by molar-refractivity contribution is 7.17. The largest absolute Gasteiger partial charge is 0.493 e. The minimum atomic E-state index is 0.0409. The molecule has 1 atom stereocenters. The Bertz CT molecular complexity index is 716. The summed E-state index contributed by atoms with van der Waals surface area (Å²) >= 11 is 7.28. The standard InChI is InChI=1S/C17H18ClNO3S/c1-21-13-6-5-11(10-14(13)22-2)12-4-3-9-19(12)17(20)15-7-8-16(18)23-15/h5-8,10,12H,3-4,9H2,1-2H3. The van der Waals surface area contributed by atoms with Crippen LogP contribution in [0.4, 0.5) is 0 Å². The van der Waals surface area contributed by atoms with E-state index in [2.05, 4.69) is 0 Å². The lowest BCUT2D eigenvalue weighted by Crippen LogP contribution is -2.29. The van der Waals surface area contributed by atoms with Crippen molar-refractivity contribution in [2.24, 2.45) is 0 Å². The summed E-state index contributed by atoms with van der Waals surface area (Å²) in [5, 5.41) is 0. The first-order chi connectivity index (χ1) is 11.1. The molecule has 2 aromatic rings. The minimum absolute atomic E-state index is 0.0409. The third-order valence-electron chi connectivity index (χ3n) is 4.09. The first-order valence-corrected chi connectivity index (χ1v) is 8.61. The van der Waals surface area contributed by atoms with Gasteiger partial charge in [-0.1, -0.05) is 17.7 Å². The fraction of sp³-hybridized carbons (Fsp3) is 0.353. The number of carbonyl (C=O) groups excluding carboxylic acids is 1. The molecule has 0 bridgehead atoms. The predicted octanol–water partition coefficient (Wildman–Crippen LogP) is 4.40. The molecule has 1 aromatic carbocycles. The highest BCUT2D eigenvalue weighted by Gasteiger charge is 2.31. The topological polar surface area (TPSA) is 38.8 Å². The summed E-state index contributed by atoms with van der Waals surface area (Å²) in [5.74, 6) is 1.42. The molecule has 1 saturated heterocycles. The number of rotatable bonds is 4. The smallest absolute Gasteiger partial charge is 0.264 e. The molecule has 2 heterocycles. The molecule has 23 heavy (non-hydrogen) atoms. The summed E-state index contributed by atoms with van der Waals surface area (Å²) in [6, 6.07) is 9.45. The molecule has 0 spiro atoms. The Hall–Kier alpha value is -1.72. The van der Waals surface area contributed by atoms with E-state index in [0.717, 1.165) is 24.9 Å². The monoisotopic (exact) mass is 351 g/mol. The first-order valence-electron chi connectivity index (χ1n) is 7.42. The van der Waals surface area contributed by atoms with Crippen molar-refractivity contribution < 1.29 is 14.3 Å². The van der Waals surface area contributed by atoms with Gasteiger partial charge in [0.15, 0.2) is 11.5 Å². The van der Waals surface area contributed by atoms with E-state index in [1.807, 2.05) is 23.1 Å². The van der Waals surface area contributed by atoms with E-state index < -0.39 is 0 Å². The lowest BCUT2D eigenvalue weighted by molar-refractivity contribution is 0.0740. The Labute approximate surface area is 144 Å². The fourth-order valence-electron chi connectivity index (χ4n) is 2.99. The second kappa shape index (κ2) is 6.81. The van der Waals surface area contributed by atoms with Gasteiger partial charge in [-0.25, -0.2) is 0 Å². The van der Waals surface area contributed by atoms with Crippen LogP contribution >= 0.6 is 22.9 Å². The number of hydrogen-bond acceptors (Lipinski definition) is 4. The number of likely N-dealkylation sites (tertiary alicyclic amines) is 1. The number of nitrogens with zero attached hydrogens (tertiary/aromatic N) is 1. The van der Waals surface area contributed by atoms with Gasteiger partial charge in [-0.15, -0.1) is 11.3 Å². The Morgan fingerprint density at radius 2 is 2.00 bits per heavy atom. The minimum Gasteiger partial charge on any atom is -0.493 e. The Morgan fingerprint density at radius 3 is 2.65 bits per heavy atom. The van der Waals surface area contributed by atoms with E-state index >= 15 is 0 Å². The van der Waals surface area contributed by atoms with Crippen LogP contribution < -0.4 is 9.47 Å². The van der Waals surface area contributed by atoms with Crippen LogP contribution in [0.3, 0.4) is 0 Å². The Morgan fingerprint density at radius 1 is 1.22 bits per heavy atom. The van der Waals surface area contributed by atoms with E-state index in [-0.39, 0.29) is 11.9 Å². The van der Waals surface area contributed by atoms with Gasteiger partial charge < -0.3 is 14.4 Å². The summed E-state index contributed by atoms with van der Waals surface area (Å²) in [4.78, 5) is 15.3. The molecule has 1 aliphatic heterocycles. The molecule has 122 valence electrons. The average Bonchev–Trinajstić information content (AvgIpc) is 3.22. The van der Waals surface area contributed by atoms with Gasteiger partial charge in [0.1, 0.15) is 0 Å². The number of amides is 1. The third-order valence-corrected chi connectivity index (χ3v) is 5.31. The summed E-state index contributed by atoms with van der Waals surface area (Å²) in [6.45, 7) is 0.757. The van der Waals surface area contributed by atoms with Crippen LogP contribution in [0.25, 0.3) is 0 Å². The molecule has 1 amide bonds. The molecule has 1 unspecified atom stereocenters. The average molecular weight is 352 g/mol. The van der Waals surface area contributed by atoms with Crippen LogP contribution in [0.1, 0.15) is 34.1 Å². The lowest BCUT2D eigenvalue weighted by atomic mass is 10.0. The van der Waals surface area contributed by atoms with Gasteiger partial charge in [-0.05, 0) is 42.7 Å². The summed E-state index contributed by atoms with van der Waals surface area (Å²) in [5.41, 5.74) is 1.07. The van der Waals surface area contributed by atoms with Crippen LogP contribution in [0.2, 0.25) is 4.34 Å².